The minimum absolute atomic E-state index is 0.0443. The highest BCUT2D eigenvalue weighted by Gasteiger charge is 2.19. The van der Waals surface area contributed by atoms with Crippen molar-refractivity contribution in [2.45, 2.75) is 42.7 Å². The van der Waals surface area contributed by atoms with Crippen molar-refractivity contribution in [3.63, 3.8) is 0 Å². The maximum Gasteiger partial charge on any atom is 0.238 e. The number of nitrogens with zero attached hydrogens (tertiary/aromatic N) is 3. The number of anilines is 3. The van der Waals surface area contributed by atoms with Crippen LogP contribution in [0.4, 0.5) is 17.2 Å². The molecule has 1 fully saturated rings. The fraction of sp³-hybridized carbons (Fsp3) is 0.333. The van der Waals surface area contributed by atoms with Gasteiger partial charge in [0.2, 0.25) is 10.0 Å². The van der Waals surface area contributed by atoms with Crippen molar-refractivity contribution in [3.05, 3.63) is 42.7 Å². The Kier molecular flexibility index (Phi) is 4.92. The summed E-state index contributed by atoms with van der Waals surface area (Å²) in [5, 5.41) is 16.5. The molecule has 1 aromatic carbocycles. The van der Waals surface area contributed by atoms with Gasteiger partial charge in [0.1, 0.15) is 5.82 Å². The third-order valence-electron chi connectivity index (χ3n) is 4.92. The number of hydrogen-bond acceptors (Lipinski definition) is 7. The quantitative estimate of drug-likeness (QED) is 0.511. The molecule has 0 aliphatic heterocycles. The Morgan fingerprint density at radius 2 is 1.93 bits per heavy atom. The van der Waals surface area contributed by atoms with Crippen LogP contribution in [-0.2, 0) is 10.0 Å². The van der Waals surface area contributed by atoms with E-state index in [1.165, 1.54) is 12.1 Å². The van der Waals surface area contributed by atoms with E-state index in [0.717, 1.165) is 31.5 Å². The Hall–Kier alpha value is -2.69. The monoisotopic (exact) mass is 401 g/mol. The lowest BCUT2D eigenvalue weighted by molar-refractivity contribution is 0.410. The molecule has 0 unspecified atom stereocenters. The van der Waals surface area contributed by atoms with Crippen LogP contribution in [-0.4, -0.2) is 35.1 Å². The molecule has 6 N–H and O–H groups in total. The number of nitrogens with one attached hydrogen (secondary N) is 2. The lowest BCUT2D eigenvalue weighted by Gasteiger charge is -2.27. The van der Waals surface area contributed by atoms with Gasteiger partial charge in [-0.3, -0.25) is 0 Å². The van der Waals surface area contributed by atoms with Crippen LogP contribution in [0.1, 0.15) is 25.7 Å². The summed E-state index contributed by atoms with van der Waals surface area (Å²) in [6, 6.07) is 8.84. The van der Waals surface area contributed by atoms with Crippen molar-refractivity contribution in [2.75, 3.05) is 10.6 Å². The first-order valence-corrected chi connectivity index (χ1v) is 10.7. The van der Waals surface area contributed by atoms with Gasteiger partial charge in [-0.25, -0.2) is 23.1 Å². The number of benzene rings is 1. The van der Waals surface area contributed by atoms with Crippen LogP contribution in [0.5, 0.6) is 0 Å². The number of fused-ring (bicyclic) bond motifs is 1. The van der Waals surface area contributed by atoms with Gasteiger partial charge in [0.15, 0.2) is 5.65 Å². The average Bonchev–Trinajstić information content (AvgIpc) is 3.12. The van der Waals surface area contributed by atoms with Gasteiger partial charge in [0.05, 0.1) is 10.6 Å². The summed E-state index contributed by atoms with van der Waals surface area (Å²) >= 11 is 0. The first kappa shape index (κ1) is 18.7. The molecule has 0 atom stereocenters. The number of sulfonamides is 1. The molecule has 1 aliphatic carbocycles. The zero-order valence-electron chi connectivity index (χ0n) is 15.2. The topological polar surface area (TPSA) is 140 Å². The van der Waals surface area contributed by atoms with Gasteiger partial charge in [-0.1, -0.05) is 6.07 Å². The highest BCUT2D eigenvalue weighted by atomic mass is 32.2. The van der Waals surface area contributed by atoms with E-state index in [2.05, 4.69) is 20.7 Å². The molecule has 4 rings (SSSR count). The Morgan fingerprint density at radius 1 is 1.14 bits per heavy atom. The SMILES string of the molecule is NC1CCC(Nc2cc(Nc3cccc(S(N)(=O)=O)c3)c3nccn3n2)CC1. The van der Waals surface area contributed by atoms with E-state index < -0.39 is 10.0 Å². The fourth-order valence-corrected chi connectivity index (χ4v) is 4.02. The molecule has 1 aliphatic rings. The van der Waals surface area contributed by atoms with E-state index in [0.29, 0.717) is 23.1 Å². The van der Waals surface area contributed by atoms with E-state index in [1.807, 2.05) is 6.07 Å². The first-order valence-electron chi connectivity index (χ1n) is 9.15. The highest BCUT2D eigenvalue weighted by molar-refractivity contribution is 7.89. The highest BCUT2D eigenvalue weighted by Crippen LogP contribution is 2.26. The molecule has 1 saturated carbocycles. The summed E-state index contributed by atoms with van der Waals surface area (Å²) in [5.41, 5.74) is 7.93. The summed E-state index contributed by atoms with van der Waals surface area (Å²) in [4.78, 5) is 4.38. The minimum atomic E-state index is -3.78. The van der Waals surface area contributed by atoms with Gasteiger partial charge in [-0.15, -0.1) is 5.10 Å². The van der Waals surface area contributed by atoms with Gasteiger partial charge in [0, 0.05) is 36.2 Å². The summed E-state index contributed by atoms with van der Waals surface area (Å²) in [7, 11) is -3.78. The molecule has 0 bridgehead atoms. The van der Waals surface area contributed by atoms with Crippen molar-refractivity contribution in [1.29, 1.82) is 0 Å². The van der Waals surface area contributed by atoms with Crippen LogP contribution in [0.25, 0.3) is 5.65 Å². The second-order valence-electron chi connectivity index (χ2n) is 7.09. The summed E-state index contributed by atoms with van der Waals surface area (Å²) in [6.45, 7) is 0. The lowest BCUT2D eigenvalue weighted by atomic mass is 9.92. The smallest absolute Gasteiger partial charge is 0.238 e. The molecule has 9 nitrogen and oxygen atoms in total. The second kappa shape index (κ2) is 7.38. The van der Waals surface area contributed by atoms with Crippen LogP contribution in [0, 0.1) is 0 Å². The molecule has 0 radical (unpaired) electrons. The van der Waals surface area contributed by atoms with E-state index in [4.69, 9.17) is 10.9 Å². The zero-order chi connectivity index (χ0) is 19.7. The number of primary sulfonamides is 1. The molecule has 10 heteroatoms. The molecule has 2 heterocycles. The summed E-state index contributed by atoms with van der Waals surface area (Å²) in [6.07, 6.45) is 7.43. The van der Waals surface area contributed by atoms with Crippen molar-refractivity contribution in [1.82, 2.24) is 14.6 Å². The largest absolute Gasteiger partial charge is 0.366 e. The van der Waals surface area contributed by atoms with E-state index >= 15 is 0 Å². The molecule has 148 valence electrons. The number of aromatic nitrogens is 3. The van der Waals surface area contributed by atoms with Crippen LogP contribution in [0.2, 0.25) is 0 Å². The lowest BCUT2D eigenvalue weighted by Crippen LogP contribution is -2.33. The molecular weight excluding hydrogens is 378 g/mol. The number of rotatable bonds is 5. The van der Waals surface area contributed by atoms with Crippen LogP contribution in [0.15, 0.2) is 47.6 Å². The molecule has 0 spiro atoms. The normalized spacial score (nSPS) is 20.2. The van der Waals surface area contributed by atoms with Crippen molar-refractivity contribution in [2.24, 2.45) is 10.9 Å². The van der Waals surface area contributed by atoms with E-state index in [9.17, 15) is 8.42 Å². The van der Waals surface area contributed by atoms with Gasteiger partial charge < -0.3 is 16.4 Å². The van der Waals surface area contributed by atoms with Gasteiger partial charge in [-0.05, 0) is 43.9 Å². The third-order valence-corrected chi connectivity index (χ3v) is 5.84. The maximum atomic E-state index is 11.6. The van der Waals surface area contributed by atoms with Gasteiger partial charge in [-0.2, -0.15) is 0 Å². The molecule has 28 heavy (non-hydrogen) atoms. The minimum Gasteiger partial charge on any atom is -0.366 e. The Labute approximate surface area is 163 Å². The summed E-state index contributed by atoms with van der Waals surface area (Å²) in [5.74, 6) is 0.719. The molecule has 3 aromatic rings. The summed E-state index contributed by atoms with van der Waals surface area (Å²) < 4.78 is 24.9. The fourth-order valence-electron chi connectivity index (χ4n) is 3.46. The first-order chi connectivity index (χ1) is 13.4. The standard InChI is InChI=1S/C18H23N7O2S/c19-12-4-6-13(7-5-12)23-17-11-16(18-21-8-9-25(18)24-17)22-14-2-1-3-15(10-14)28(20,26)27/h1-3,8-13,22H,4-7,19H2,(H,23,24)(H2,20,26,27). The molecule has 0 amide bonds. The third kappa shape index (κ3) is 4.08. The Morgan fingerprint density at radius 3 is 2.68 bits per heavy atom. The van der Waals surface area contributed by atoms with Crippen LogP contribution < -0.4 is 21.5 Å². The Balaban J connectivity index is 1.62. The Bertz CT molecular complexity index is 1090. The van der Waals surface area contributed by atoms with Crippen LogP contribution >= 0.6 is 0 Å². The molecule has 0 saturated heterocycles. The van der Waals surface area contributed by atoms with Gasteiger partial charge >= 0.3 is 0 Å². The van der Waals surface area contributed by atoms with Crippen LogP contribution in [0.3, 0.4) is 0 Å². The van der Waals surface area contributed by atoms with Crippen molar-refractivity contribution < 1.29 is 8.42 Å². The maximum absolute atomic E-state index is 11.6. The van der Waals surface area contributed by atoms with E-state index in [-0.39, 0.29) is 10.9 Å². The number of hydrogen-bond donors (Lipinski definition) is 4. The predicted molar refractivity (Wildman–Crippen MR) is 108 cm³/mol. The zero-order valence-corrected chi connectivity index (χ0v) is 16.1. The average molecular weight is 401 g/mol. The van der Waals surface area contributed by atoms with Crippen molar-refractivity contribution >= 4 is 32.9 Å². The predicted octanol–water partition coefficient (Wildman–Crippen LogP) is 1.80. The van der Waals surface area contributed by atoms with Gasteiger partial charge in [0.25, 0.3) is 0 Å². The van der Waals surface area contributed by atoms with E-state index in [1.54, 1.807) is 29.0 Å². The molecular formula is C18H23N7O2S. The van der Waals surface area contributed by atoms with Crippen molar-refractivity contribution in [3.8, 4) is 0 Å². The number of imidazole rings is 1. The number of nitrogens with two attached hydrogens (primary N) is 2. The molecule has 2 aromatic heterocycles. The second-order valence-corrected chi connectivity index (χ2v) is 8.65.